The van der Waals surface area contributed by atoms with Crippen LogP contribution in [0.15, 0.2) is 24.3 Å². The van der Waals surface area contributed by atoms with Gasteiger partial charge in [0.2, 0.25) is 23.6 Å². The van der Waals surface area contributed by atoms with Crippen LogP contribution in [0, 0.1) is 0 Å². The van der Waals surface area contributed by atoms with Crippen molar-refractivity contribution in [3.05, 3.63) is 29.8 Å². The molecule has 178 valence electrons. The van der Waals surface area contributed by atoms with Crippen molar-refractivity contribution in [1.82, 2.24) is 16.0 Å². The minimum absolute atomic E-state index is 0.0553. The molecule has 0 spiro atoms. The molecule has 11 nitrogen and oxygen atoms in total. The standard InChI is InChI=1S/C21H34N6O5/c1-12(23)19(30)26-16(5-3-4-10-22)20(31)27-17(21(32)25-13(2)18(24)29)11-14-6-8-15(28)9-7-14/h6-9,12-13,16-17,28H,3-5,10-11,22-23H2,1-2H3,(H2,24,29)(H,25,32)(H,26,30)(H,27,31)/t12-,13-,16-,17-/m0/s1. The van der Waals surface area contributed by atoms with E-state index >= 15 is 0 Å². The SMILES string of the molecule is C[C@H](N)C(=O)N[C@@H](CCCCN)C(=O)N[C@@H](Cc1ccc(O)cc1)C(=O)N[C@@H](C)C(N)=O. The van der Waals surface area contributed by atoms with Crippen molar-refractivity contribution in [2.45, 2.75) is 63.7 Å². The quantitative estimate of drug-likeness (QED) is 0.175. The Morgan fingerprint density at radius 3 is 2.00 bits per heavy atom. The molecule has 0 aliphatic carbocycles. The molecule has 32 heavy (non-hydrogen) atoms. The van der Waals surface area contributed by atoms with Gasteiger partial charge >= 0.3 is 0 Å². The molecule has 11 heteroatoms. The number of rotatable bonds is 13. The van der Waals surface area contributed by atoms with E-state index in [-0.39, 0.29) is 12.2 Å². The van der Waals surface area contributed by atoms with Crippen LogP contribution in [0.25, 0.3) is 0 Å². The van der Waals surface area contributed by atoms with Gasteiger partial charge in [0.1, 0.15) is 23.9 Å². The third kappa shape index (κ3) is 9.31. The zero-order valence-electron chi connectivity index (χ0n) is 18.5. The van der Waals surface area contributed by atoms with Crippen LogP contribution in [0.1, 0.15) is 38.7 Å². The monoisotopic (exact) mass is 450 g/mol. The van der Waals surface area contributed by atoms with E-state index < -0.39 is 47.8 Å². The van der Waals surface area contributed by atoms with Crippen LogP contribution >= 0.6 is 0 Å². The maximum Gasteiger partial charge on any atom is 0.243 e. The van der Waals surface area contributed by atoms with Crippen LogP contribution in [-0.2, 0) is 25.6 Å². The molecule has 1 aromatic carbocycles. The summed E-state index contributed by atoms with van der Waals surface area (Å²) < 4.78 is 0. The molecule has 0 saturated carbocycles. The van der Waals surface area contributed by atoms with Gasteiger partial charge in [0.25, 0.3) is 0 Å². The van der Waals surface area contributed by atoms with Gasteiger partial charge in [-0.2, -0.15) is 0 Å². The zero-order chi connectivity index (χ0) is 24.3. The molecule has 0 fully saturated rings. The first kappa shape index (κ1) is 26.9. The Kier molecular flexibility index (Phi) is 11.1. The molecule has 0 aliphatic heterocycles. The number of aromatic hydroxyl groups is 1. The fourth-order valence-electron chi connectivity index (χ4n) is 2.80. The minimum Gasteiger partial charge on any atom is -0.508 e. The second kappa shape index (κ2) is 13.3. The Labute approximate surface area is 187 Å². The van der Waals surface area contributed by atoms with Gasteiger partial charge in [-0.15, -0.1) is 0 Å². The highest BCUT2D eigenvalue weighted by Gasteiger charge is 2.28. The number of nitrogens with one attached hydrogen (secondary N) is 3. The lowest BCUT2D eigenvalue weighted by atomic mass is 10.0. The number of carbonyl (C=O) groups is 4. The first-order chi connectivity index (χ1) is 15.0. The van der Waals surface area contributed by atoms with E-state index in [1.165, 1.54) is 26.0 Å². The van der Waals surface area contributed by atoms with E-state index in [1.807, 2.05) is 0 Å². The topological polar surface area (TPSA) is 203 Å². The van der Waals surface area contributed by atoms with Crippen LogP contribution in [-0.4, -0.2) is 59.4 Å². The average Bonchev–Trinajstić information content (AvgIpc) is 2.73. The van der Waals surface area contributed by atoms with Crippen molar-refractivity contribution >= 4 is 23.6 Å². The highest BCUT2D eigenvalue weighted by Crippen LogP contribution is 2.12. The van der Waals surface area contributed by atoms with Crippen molar-refractivity contribution in [1.29, 1.82) is 0 Å². The van der Waals surface area contributed by atoms with Gasteiger partial charge in [-0.3, -0.25) is 19.2 Å². The third-order valence-electron chi connectivity index (χ3n) is 4.79. The predicted molar refractivity (Wildman–Crippen MR) is 119 cm³/mol. The van der Waals surface area contributed by atoms with Crippen LogP contribution in [0.2, 0.25) is 0 Å². The fourth-order valence-corrected chi connectivity index (χ4v) is 2.80. The summed E-state index contributed by atoms with van der Waals surface area (Å²) in [5.74, 6) is -2.35. The number of benzene rings is 1. The van der Waals surface area contributed by atoms with Crippen LogP contribution < -0.4 is 33.2 Å². The lowest BCUT2D eigenvalue weighted by Crippen LogP contribution is -2.57. The Balaban J connectivity index is 3.03. The maximum atomic E-state index is 13.0. The van der Waals surface area contributed by atoms with Crippen LogP contribution in [0.5, 0.6) is 5.75 Å². The van der Waals surface area contributed by atoms with Gasteiger partial charge in [0, 0.05) is 6.42 Å². The Morgan fingerprint density at radius 1 is 0.906 bits per heavy atom. The van der Waals surface area contributed by atoms with Crippen LogP contribution in [0.4, 0.5) is 0 Å². The van der Waals surface area contributed by atoms with Crippen molar-refractivity contribution in [3.63, 3.8) is 0 Å². The summed E-state index contributed by atoms with van der Waals surface area (Å²) >= 11 is 0. The molecule has 0 aromatic heterocycles. The molecular formula is C21H34N6O5. The molecular weight excluding hydrogens is 416 g/mol. The second-order valence-electron chi connectivity index (χ2n) is 7.70. The number of hydrogen-bond donors (Lipinski definition) is 7. The van der Waals surface area contributed by atoms with Crippen molar-refractivity contribution in [2.24, 2.45) is 17.2 Å². The number of carbonyl (C=O) groups excluding carboxylic acids is 4. The first-order valence-corrected chi connectivity index (χ1v) is 10.5. The van der Waals surface area contributed by atoms with E-state index in [9.17, 15) is 24.3 Å². The van der Waals surface area contributed by atoms with E-state index in [2.05, 4.69) is 16.0 Å². The molecule has 0 heterocycles. The highest BCUT2D eigenvalue weighted by atomic mass is 16.3. The van der Waals surface area contributed by atoms with Gasteiger partial charge in [0.15, 0.2) is 0 Å². The van der Waals surface area contributed by atoms with Gasteiger partial charge in [0.05, 0.1) is 6.04 Å². The summed E-state index contributed by atoms with van der Waals surface area (Å²) in [6.45, 7) is 3.36. The summed E-state index contributed by atoms with van der Waals surface area (Å²) in [6.07, 6.45) is 1.64. The maximum absolute atomic E-state index is 13.0. The second-order valence-corrected chi connectivity index (χ2v) is 7.70. The van der Waals surface area contributed by atoms with Gasteiger partial charge < -0.3 is 38.3 Å². The Hall–Kier alpha value is -3.18. The molecule has 1 rings (SSSR count). The molecule has 0 aliphatic rings. The van der Waals surface area contributed by atoms with Gasteiger partial charge in [-0.05, 0) is 57.4 Å². The lowest BCUT2D eigenvalue weighted by Gasteiger charge is -2.24. The lowest BCUT2D eigenvalue weighted by molar-refractivity contribution is -0.133. The van der Waals surface area contributed by atoms with Gasteiger partial charge in [-0.1, -0.05) is 12.1 Å². The molecule has 10 N–H and O–H groups in total. The van der Waals surface area contributed by atoms with E-state index in [4.69, 9.17) is 17.2 Å². The summed E-state index contributed by atoms with van der Waals surface area (Å²) in [6, 6.07) is 2.40. The van der Waals surface area contributed by atoms with E-state index in [0.717, 1.165) is 0 Å². The number of phenolic OH excluding ortho intramolecular Hbond substituents is 1. The molecule has 0 unspecified atom stereocenters. The van der Waals surface area contributed by atoms with Crippen molar-refractivity contribution < 1.29 is 24.3 Å². The van der Waals surface area contributed by atoms with E-state index in [0.29, 0.717) is 31.4 Å². The molecule has 0 saturated heterocycles. The number of phenols is 1. The van der Waals surface area contributed by atoms with Crippen molar-refractivity contribution in [2.75, 3.05) is 6.54 Å². The molecule has 4 atom stereocenters. The zero-order valence-corrected chi connectivity index (χ0v) is 18.5. The largest absolute Gasteiger partial charge is 0.508 e. The average molecular weight is 451 g/mol. The van der Waals surface area contributed by atoms with Crippen molar-refractivity contribution in [3.8, 4) is 5.75 Å². The van der Waals surface area contributed by atoms with Gasteiger partial charge in [-0.25, -0.2) is 0 Å². The minimum atomic E-state index is -1.06. The normalized spacial score (nSPS) is 14.5. The molecule has 0 radical (unpaired) electrons. The van der Waals surface area contributed by atoms with E-state index in [1.54, 1.807) is 12.1 Å². The molecule has 0 bridgehead atoms. The highest BCUT2D eigenvalue weighted by molar-refractivity contribution is 5.94. The predicted octanol–water partition coefficient (Wildman–Crippen LogP) is -1.63. The number of amides is 4. The number of hydrogen-bond acceptors (Lipinski definition) is 7. The summed E-state index contributed by atoms with van der Waals surface area (Å²) in [5.41, 5.74) is 17.0. The third-order valence-corrected chi connectivity index (χ3v) is 4.79. The Morgan fingerprint density at radius 2 is 1.47 bits per heavy atom. The first-order valence-electron chi connectivity index (χ1n) is 10.5. The van der Waals surface area contributed by atoms with Crippen LogP contribution in [0.3, 0.4) is 0 Å². The number of unbranched alkanes of at least 4 members (excludes halogenated alkanes) is 1. The fraction of sp³-hybridized carbons (Fsp3) is 0.524. The summed E-state index contributed by atoms with van der Waals surface area (Å²) in [4.78, 5) is 49.1. The summed E-state index contributed by atoms with van der Waals surface area (Å²) in [5, 5.41) is 17.2. The molecule has 1 aromatic rings. The number of nitrogens with two attached hydrogens (primary N) is 3. The Bertz CT molecular complexity index is 783. The smallest absolute Gasteiger partial charge is 0.243 e. The molecule has 4 amide bonds. The summed E-state index contributed by atoms with van der Waals surface area (Å²) in [7, 11) is 0. The number of primary amides is 1.